The molecule has 0 saturated carbocycles. The molecule has 0 saturated heterocycles. The van der Waals surface area contributed by atoms with Gasteiger partial charge < -0.3 is 14.7 Å². The van der Waals surface area contributed by atoms with Gasteiger partial charge in [-0.2, -0.15) is 0 Å². The van der Waals surface area contributed by atoms with Crippen LogP contribution in [-0.4, -0.2) is 52.3 Å². The Balaban J connectivity index is 1.32. The van der Waals surface area contributed by atoms with Crippen molar-refractivity contribution in [3.05, 3.63) is 94.1 Å². The summed E-state index contributed by atoms with van der Waals surface area (Å²) in [6.07, 6.45) is 4.04. The van der Waals surface area contributed by atoms with Gasteiger partial charge in [0.2, 0.25) is 0 Å². The first-order valence-corrected chi connectivity index (χ1v) is 17.1. The van der Waals surface area contributed by atoms with Crippen LogP contribution in [0.15, 0.2) is 64.3 Å². The SMILES string of the molecule is CCc1cc(NC(=O)N2CCc3nc(-c4c(C)noc4C)nc(-c4ccccc4C)c3C2)cc(-c2cnc(S(C)(=O)=O)c(C)c2)c1. The topological polar surface area (TPSA) is 131 Å². The van der Waals surface area contributed by atoms with E-state index in [1.165, 1.54) is 0 Å². The number of urea groups is 1. The van der Waals surface area contributed by atoms with Crippen LogP contribution in [0.4, 0.5) is 10.5 Å². The monoisotopic (exact) mass is 636 g/mol. The summed E-state index contributed by atoms with van der Waals surface area (Å²) in [5.41, 5.74) is 10.1. The molecule has 11 heteroatoms. The summed E-state index contributed by atoms with van der Waals surface area (Å²) in [7, 11) is -3.43. The number of benzene rings is 2. The summed E-state index contributed by atoms with van der Waals surface area (Å²) in [4.78, 5) is 29.8. The molecule has 4 heterocycles. The second-order valence-corrected chi connectivity index (χ2v) is 13.8. The van der Waals surface area contributed by atoms with Crippen molar-refractivity contribution >= 4 is 21.6 Å². The van der Waals surface area contributed by atoms with Crippen LogP contribution in [0.3, 0.4) is 0 Å². The number of aromatic nitrogens is 4. The second-order valence-electron chi connectivity index (χ2n) is 11.8. The average Bonchev–Trinajstić information content (AvgIpc) is 3.36. The maximum absolute atomic E-state index is 13.8. The standard InChI is InChI=1S/C35H36N6O4S/c1-7-24-15-25(26-14-21(3)34(36-18-26)46(6,43)44)17-27(16-24)37-35(42)41-13-12-30-29(19-41)32(28-11-9-8-10-20(28)2)39-33(38-30)31-22(4)40-45-23(31)5/h8-11,14-18H,7,12-13,19H2,1-6H3,(H,37,42). The first-order valence-electron chi connectivity index (χ1n) is 15.2. The van der Waals surface area contributed by atoms with E-state index in [-0.39, 0.29) is 11.1 Å². The summed E-state index contributed by atoms with van der Waals surface area (Å²) < 4.78 is 29.6. The number of pyridine rings is 1. The molecule has 0 unspecified atom stereocenters. The Kier molecular flexibility index (Phi) is 8.20. The minimum Gasteiger partial charge on any atom is -0.361 e. The van der Waals surface area contributed by atoms with Crippen LogP contribution < -0.4 is 5.32 Å². The Bertz CT molecular complexity index is 2090. The molecule has 0 radical (unpaired) electrons. The van der Waals surface area contributed by atoms with Gasteiger partial charge in [0, 0.05) is 47.8 Å². The Morgan fingerprint density at radius 2 is 1.78 bits per heavy atom. The van der Waals surface area contributed by atoms with Gasteiger partial charge in [0.05, 0.1) is 29.2 Å². The van der Waals surface area contributed by atoms with Crippen LogP contribution in [0.1, 0.15) is 46.3 Å². The van der Waals surface area contributed by atoms with E-state index in [0.29, 0.717) is 42.3 Å². The van der Waals surface area contributed by atoms with E-state index in [2.05, 4.69) is 28.4 Å². The van der Waals surface area contributed by atoms with E-state index in [4.69, 9.17) is 14.5 Å². The fraction of sp³-hybridized carbons (Fsp3) is 0.286. The fourth-order valence-electron chi connectivity index (χ4n) is 6.01. The van der Waals surface area contributed by atoms with Crippen molar-refractivity contribution in [2.24, 2.45) is 0 Å². The predicted molar refractivity (Wildman–Crippen MR) is 177 cm³/mol. The van der Waals surface area contributed by atoms with E-state index < -0.39 is 9.84 Å². The minimum atomic E-state index is -3.43. The molecule has 1 aliphatic rings. The molecule has 0 spiro atoms. The van der Waals surface area contributed by atoms with Gasteiger partial charge in [-0.15, -0.1) is 0 Å². The molecule has 0 fully saturated rings. The van der Waals surface area contributed by atoms with Gasteiger partial charge in [0.15, 0.2) is 20.7 Å². The first kappa shape index (κ1) is 31.1. The van der Waals surface area contributed by atoms with Crippen LogP contribution >= 0.6 is 0 Å². The lowest BCUT2D eigenvalue weighted by atomic mass is 9.96. The molecule has 0 atom stereocenters. The van der Waals surface area contributed by atoms with E-state index in [9.17, 15) is 13.2 Å². The van der Waals surface area contributed by atoms with E-state index >= 15 is 0 Å². The van der Waals surface area contributed by atoms with Crippen molar-refractivity contribution in [3.8, 4) is 33.8 Å². The van der Waals surface area contributed by atoms with Gasteiger partial charge in [-0.05, 0) is 74.6 Å². The second kappa shape index (κ2) is 12.1. The lowest BCUT2D eigenvalue weighted by molar-refractivity contribution is 0.206. The van der Waals surface area contributed by atoms with Crippen LogP contribution in [0.2, 0.25) is 0 Å². The van der Waals surface area contributed by atoms with Crippen LogP contribution in [-0.2, 0) is 29.2 Å². The Labute approximate surface area is 268 Å². The Hall–Kier alpha value is -4.90. The highest BCUT2D eigenvalue weighted by molar-refractivity contribution is 7.90. The van der Waals surface area contributed by atoms with Crippen LogP contribution in [0.25, 0.3) is 33.8 Å². The molecular weight excluding hydrogens is 600 g/mol. The number of nitrogens with zero attached hydrogens (tertiary/aromatic N) is 5. The lowest BCUT2D eigenvalue weighted by Gasteiger charge is -2.30. The minimum absolute atomic E-state index is 0.0645. The number of aryl methyl sites for hydroxylation is 5. The molecule has 10 nitrogen and oxygen atoms in total. The third kappa shape index (κ3) is 6.02. The highest BCUT2D eigenvalue weighted by atomic mass is 32.2. The third-order valence-electron chi connectivity index (χ3n) is 8.37. The number of rotatable bonds is 6. The number of sulfone groups is 1. The molecule has 1 N–H and O–H groups in total. The highest BCUT2D eigenvalue weighted by Gasteiger charge is 2.28. The van der Waals surface area contributed by atoms with E-state index in [1.807, 2.05) is 63.2 Å². The Morgan fingerprint density at radius 1 is 1.00 bits per heavy atom. The molecule has 5 aromatic rings. The zero-order chi connectivity index (χ0) is 32.7. The summed E-state index contributed by atoms with van der Waals surface area (Å²) >= 11 is 0. The van der Waals surface area contributed by atoms with Gasteiger partial charge in [-0.3, -0.25) is 0 Å². The number of hydrogen-bond donors (Lipinski definition) is 1. The Morgan fingerprint density at radius 3 is 2.46 bits per heavy atom. The summed E-state index contributed by atoms with van der Waals surface area (Å²) in [5.74, 6) is 1.24. The molecule has 0 aliphatic carbocycles. The van der Waals surface area contributed by atoms with Gasteiger partial charge in [-0.25, -0.2) is 28.2 Å². The van der Waals surface area contributed by atoms with Crippen molar-refractivity contribution < 1.29 is 17.7 Å². The first-order chi connectivity index (χ1) is 21.9. The molecule has 1 aliphatic heterocycles. The number of carbonyl (C=O) groups excluding carboxylic acids is 1. The number of fused-ring (bicyclic) bond motifs is 1. The zero-order valence-electron chi connectivity index (χ0n) is 26.8. The molecule has 2 aromatic carbocycles. The van der Waals surface area contributed by atoms with Crippen molar-refractivity contribution in [2.45, 2.75) is 59.0 Å². The third-order valence-corrected chi connectivity index (χ3v) is 9.50. The van der Waals surface area contributed by atoms with E-state index in [0.717, 1.165) is 68.7 Å². The predicted octanol–water partition coefficient (Wildman–Crippen LogP) is 6.65. The summed E-state index contributed by atoms with van der Waals surface area (Å²) in [6, 6.07) is 15.6. The molecule has 2 amide bonds. The van der Waals surface area contributed by atoms with Crippen molar-refractivity contribution in [3.63, 3.8) is 0 Å². The maximum atomic E-state index is 13.8. The van der Waals surface area contributed by atoms with Crippen molar-refractivity contribution in [2.75, 3.05) is 18.1 Å². The van der Waals surface area contributed by atoms with Crippen LogP contribution in [0, 0.1) is 27.7 Å². The molecule has 0 bridgehead atoms. The quantitative estimate of drug-likeness (QED) is 0.219. The number of hydrogen-bond acceptors (Lipinski definition) is 8. The number of nitrogens with one attached hydrogen (secondary N) is 1. The van der Waals surface area contributed by atoms with Crippen molar-refractivity contribution in [1.29, 1.82) is 0 Å². The number of amides is 2. The average molecular weight is 637 g/mol. The fourth-order valence-corrected chi connectivity index (χ4v) is 6.90. The van der Waals surface area contributed by atoms with Gasteiger partial charge in [0.1, 0.15) is 5.76 Å². The van der Waals surface area contributed by atoms with Crippen LogP contribution in [0.5, 0.6) is 0 Å². The molecule has 46 heavy (non-hydrogen) atoms. The maximum Gasteiger partial charge on any atom is 0.322 e. The normalized spacial score (nSPS) is 13.0. The largest absolute Gasteiger partial charge is 0.361 e. The molecule has 3 aromatic heterocycles. The van der Waals surface area contributed by atoms with Crippen molar-refractivity contribution in [1.82, 2.24) is 25.0 Å². The number of anilines is 1. The highest BCUT2D eigenvalue weighted by Crippen LogP contribution is 2.34. The smallest absolute Gasteiger partial charge is 0.322 e. The molecular formula is C35H36N6O4S. The lowest BCUT2D eigenvalue weighted by Crippen LogP contribution is -2.39. The van der Waals surface area contributed by atoms with Gasteiger partial charge in [0.25, 0.3) is 0 Å². The number of carbonyl (C=O) groups is 1. The summed E-state index contributed by atoms with van der Waals surface area (Å²) in [5, 5.41) is 7.28. The zero-order valence-corrected chi connectivity index (χ0v) is 27.6. The molecule has 6 rings (SSSR count). The van der Waals surface area contributed by atoms with Gasteiger partial charge in [-0.1, -0.05) is 42.4 Å². The van der Waals surface area contributed by atoms with E-state index in [1.54, 1.807) is 18.0 Å². The molecule has 236 valence electrons. The summed E-state index contributed by atoms with van der Waals surface area (Å²) in [6.45, 7) is 10.4. The van der Waals surface area contributed by atoms with Gasteiger partial charge >= 0.3 is 6.03 Å².